The van der Waals surface area contributed by atoms with Gasteiger partial charge in [-0.05, 0) is 49.1 Å². The Hall–Kier alpha value is -2.47. The number of ether oxygens (including phenoxy) is 1. The molecule has 0 saturated heterocycles. The molecule has 2 amide bonds. The van der Waals surface area contributed by atoms with Gasteiger partial charge < -0.3 is 15.0 Å². The highest BCUT2D eigenvalue weighted by Crippen LogP contribution is 2.22. The number of rotatable bonds is 11. The molecule has 1 saturated carbocycles. The Kier molecular flexibility index (Phi) is 10.1. The van der Waals surface area contributed by atoms with Gasteiger partial charge in [0.05, 0.1) is 7.11 Å². The topological polar surface area (TPSA) is 58.6 Å². The number of carbonyl (C=O) groups is 2. The van der Waals surface area contributed by atoms with E-state index in [0.29, 0.717) is 25.1 Å². The van der Waals surface area contributed by atoms with Crippen LogP contribution in [0.25, 0.3) is 0 Å². The van der Waals surface area contributed by atoms with Crippen molar-refractivity contribution in [2.75, 3.05) is 12.9 Å². The summed E-state index contributed by atoms with van der Waals surface area (Å²) in [7, 11) is 1.64. The molecule has 1 N–H and O–H groups in total. The first-order valence-electron chi connectivity index (χ1n) is 12.0. The van der Waals surface area contributed by atoms with Crippen molar-refractivity contribution in [3.05, 3.63) is 60.2 Å². The molecule has 1 fully saturated rings. The minimum Gasteiger partial charge on any atom is -0.497 e. The monoisotopic (exact) mass is 468 g/mol. The molecule has 1 unspecified atom stereocenters. The van der Waals surface area contributed by atoms with Crippen molar-refractivity contribution in [3.63, 3.8) is 0 Å². The lowest BCUT2D eigenvalue weighted by molar-refractivity contribution is -0.141. The number of hydrogen-bond donors (Lipinski definition) is 1. The summed E-state index contributed by atoms with van der Waals surface area (Å²) in [5.41, 5.74) is 0.990. The van der Waals surface area contributed by atoms with Crippen LogP contribution in [0.5, 0.6) is 5.75 Å². The van der Waals surface area contributed by atoms with Crippen molar-refractivity contribution >= 4 is 23.6 Å². The van der Waals surface area contributed by atoms with Gasteiger partial charge in [0.1, 0.15) is 11.8 Å². The van der Waals surface area contributed by atoms with Crippen LogP contribution in [-0.4, -0.2) is 41.7 Å². The molecule has 178 valence electrons. The second kappa shape index (κ2) is 13.3. The van der Waals surface area contributed by atoms with Crippen LogP contribution in [0, 0.1) is 0 Å². The van der Waals surface area contributed by atoms with Gasteiger partial charge >= 0.3 is 0 Å². The molecule has 0 heterocycles. The van der Waals surface area contributed by atoms with E-state index in [4.69, 9.17) is 4.74 Å². The van der Waals surface area contributed by atoms with Gasteiger partial charge in [-0.3, -0.25) is 9.59 Å². The first-order chi connectivity index (χ1) is 16.1. The van der Waals surface area contributed by atoms with Crippen LogP contribution >= 0.6 is 11.8 Å². The Morgan fingerprint density at radius 2 is 1.76 bits per heavy atom. The maximum atomic E-state index is 13.4. The van der Waals surface area contributed by atoms with E-state index in [1.807, 2.05) is 49.4 Å². The zero-order valence-corrected chi connectivity index (χ0v) is 20.6. The number of nitrogens with one attached hydrogen (secondary N) is 1. The van der Waals surface area contributed by atoms with Gasteiger partial charge in [0, 0.05) is 29.7 Å². The minimum absolute atomic E-state index is 0.0138. The maximum Gasteiger partial charge on any atom is 0.243 e. The molecular weight excluding hydrogens is 432 g/mol. The Bertz CT molecular complexity index is 867. The van der Waals surface area contributed by atoms with Gasteiger partial charge in [-0.25, -0.2) is 0 Å². The van der Waals surface area contributed by atoms with E-state index in [2.05, 4.69) is 17.4 Å². The average Bonchev–Trinajstić information content (AvgIpc) is 2.85. The van der Waals surface area contributed by atoms with Crippen molar-refractivity contribution < 1.29 is 14.3 Å². The van der Waals surface area contributed by atoms with E-state index in [0.717, 1.165) is 41.9 Å². The van der Waals surface area contributed by atoms with Crippen molar-refractivity contribution in [2.45, 2.75) is 75.4 Å². The van der Waals surface area contributed by atoms with Gasteiger partial charge in [0.15, 0.2) is 0 Å². The van der Waals surface area contributed by atoms with Crippen LogP contribution in [0.15, 0.2) is 59.5 Å². The number of thioether (sulfide) groups is 1. The van der Waals surface area contributed by atoms with Crippen LogP contribution in [0.2, 0.25) is 0 Å². The molecule has 0 radical (unpaired) electrons. The molecule has 1 aliphatic carbocycles. The standard InChI is InChI=1S/C27H36N2O3S/c1-3-25(27(31)28-22-10-6-4-7-11-22)29(20-21-14-16-23(32-2)17-15-21)26(30)18-19-33-24-12-8-5-9-13-24/h5,8-9,12-17,22,25H,3-4,6-7,10-11,18-20H2,1-2H3,(H,28,31). The van der Waals surface area contributed by atoms with Gasteiger partial charge in [-0.1, -0.05) is 56.5 Å². The number of methoxy groups -OCH3 is 1. The normalized spacial score (nSPS) is 15.0. The molecular formula is C27H36N2O3S. The van der Waals surface area contributed by atoms with E-state index >= 15 is 0 Å². The number of hydrogen-bond acceptors (Lipinski definition) is 4. The Balaban J connectivity index is 1.70. The fourth-order valence-electron chi connectivity index (χ4n) is 4.31. The Morgan fingerprint density at radius 3 is 2.39 bits per heavy atom. The third-order valence-electron chi connectivity index (χ3n) is 6.18. The SMILES string of the molecule is CCC(C(=O)NC1CCCCC1)N(Cc1ccc(OC)cc1)C(=O)CCSc1ccccc1. The van der Waals surface area contributed by atoms with Crippen molar-refractivity contribution in [3.8, 4) is 5.75 Å². The number of carbonyl (C=O) groups excluding carboxylic acids is 2. The molecule has 1 aliphatic rings. The zero-order chi connectivity index (χ0) is 23.5. The first-order valence-corrected chi connectivity index (χ1v) is 13.0. The van der Waals surface area contributed by atoms with E-state index < -0.39 is 6.04 Å². The van der Waals surface area contributed by atoms with Crippen LogP contribution in [0.4, 0.5) is 0 Å². The van der Waals surface area contributed by atoms with E-state index in [1.54, 1.807) is 23.8 Å². The maximum absolute atomic E-state index is 13.4. The van der Waals surface area contributed by atoms with Crippen LogP contribution in [0.3, 0.4) is 0 Å². The molecule has 5 nitrogen and oxygen atoms in total. The molecule has 0 aliphatic heterocycles. The fourth-order valence-corrected chi connectivity index (χ4v) is 5.17. The molecule has 1 atom stereocenters. The van der Waals surface area contributed by atoms with Crippen LogP contribution in [0.1, 0.15) is 57.4 Å². The van der Waals surface area contributed by atoms with Gasteiger partial charge in [0.25, 0.3) is 0 Å². The molecule has 6 heteroatoms. The second-order valence-corrected chi connectivity index (χ2v) is 9.72. The minimum atomic E-state index is -0.469. The molecule has 2 aromatic carbocycles. The summed E-state index contributed by atoms with van der Waals surface area (Å²) in [6, 6.07) is 17.6. The smallest absolute Gasteiger partial charge is 0.243 e. The summed E-state index contributed by atoms with van der Waals surface area (Å²) in [6.45, 7) is 2.40. The third kappa shape index (κ3) is 7.81. The van der Waals surface area contributed by atoms with Crippen LogP contribution < -0.4 is 10.1 Å². The fraction of sp³-hybridized carbons (Fsp3) is 0.481. The highest BCUT2D eigenvalue weighted by atomic mass is 32.2. The molecule has 2 aromatic rings. The van der Waals surface area contributed by atoms with Gasteiger partial charge in [0.2, 0.25) is 11.8 Å². The number of nitrogens with zero attached hydrogens (tertiary/aromatic N) is 1. The predicted octanol–water partition coefficient (Wildman–Crippen LogP) is 5.43. The quantitative estimate of drug-likeness (QED) is 0.447. The Morgan fingerprint density at radius 1 is 1.06 bits per heavy atom. The van der Waals surface area contributed by atoms with E-state index in [1.165, 1.54) is 6.42 Å². The summed E-state index contributed by atoms with van der Waals surface area (Å²) in [5.74, 6) is 1.45. The van der Waals surface area contributed by atoms with Crippen molar-refractivity contribution in [1.82, 2.24) is 10.2 Å². The summed E-state index contributed by atoms with van der Waals surface area (Å²) in [5, 5.41) is 3.23. The lowest BCUT2D eigenvalue weighted by atomic mass is 9.95. The summed E-state index contributed by atoms with van der Waals surface area (Å²) >= 11 is 1.67. The lowest BCUT2D eigenvalue weighted by Crippen LogP contribution is -2.51. The zero-order valence-electron chi connectivity index (χ0n) is 19.8. The summed E-state index contributed by atoms with van der Waals surface area (Å²) in [4.78, 5) is 29.5. The highest BCUT2D eigenvalue weighted by Gasteiger charge is 2.30. The van der Waals surface area contributed by atoms with Crippen LogP contribution in [-0.2, 0) is 16.1 Å². The summed E-state index contributed by atoms with van der Waals surface area (Å²) < 4.78 is 5.26. The molecule has 0 aromatic heterocycles. The summed E-state index contributed by atoms with van der Waals surface area (Å²) in [6.07, 6.45) is 6.60. The average molecular weight is 469 g/mol. The van der Waals surface area contributed by atoms with Crippen molar-refractivity contribution in [1.29, 1.82) is 0 Å². The first kappa shape index (κ1) is 25.2. The Labute approximate surface area is 202 Å². The third-order valence-corrected chi connectivity index (χ3v) is 7.19. The van der Waals surface area contributed by atoms with Gasteiger partial charge in [-0.15, -0.1) is 11.8 Å². The van der Waals surface area contributed by atoms with E-state index in [-0.39, 0.29) is 17.9 Å². The van der Waals surface area contributed by atoms with Crippen molar-refractivity contribution in [2.24, 2.45) is 0 Å². The van der Waals surface area contributed by atoms with Gasteiger partial charge in [-0.2, -0.15) is 0 Å². The molecule has 33 heavy (non-hydrogen) atoms. The predicted molar refractivity (Wildman–Crippen MR) is 134 cm³/mol. The second-order valence-electron chi connectivity index (χ2n) is 8.55. The molecule has 0 spiro atoms. The lowest BCUT2D eigenvalue weighted by Gasteiger charge is -2.33. The van der Waals surface area contributed by atoms with E-state index in [9.17, 15) is 9.59 Å². The molecule has 3 rings (SSSR count). The largest absolute Gasteiger partial charge is 0.497 e. The number of benzene rings is 2. The number of amides is 2. The highest BCUT2D eigenvalue weighted by molar-refractivity contribution is 7.99. The molecule has 0 bridgehead atoms.